The van der Waals surface area contributed by atoms with E-state index in [2.05, 4.69) is 5.32 Å². The molecule has 1 fully saturated rings. The lowest BCUT2D eigenvalue weighted by Crippen LogP contribution is -2.40. The summed E-state index contributed by atoms with van der Waals surface area (Å²) in [5.41, 5.74) is 0.442. The van der Waals surface area contributed by atoms with Gasteiger partial charge in [-0.15, -0.1) is 0 Å². The van der Waals surface area contributed by atoms with E-state index in [0.29, 0.717) is 11.3 Å². The predicted molar refractivity (Wildman–Crippen MR) is 91.3 cm³/mol. The number of nitrogens with zero attached hydrogens (tertiary/aromatic N) is 4. The zero-order valence-electron chi connectivity index (χ0n) is 14.0. The highest BCUT2D eigenvalue weighted by Gasteiger charge is 2.40. The third-order valence-corrected chi connectivity index (χ3v) is 4.71. The van der Waals surface area contributed by atoms with Crippen molar-refractivity contribution in [2.24, 2.45) is 0 Å². The van der Waals surface area contributed by atoms with E-state index in [0.717, 1.165) is 32.1 Å². The molecule has 0 aromatic heterocycles. The van der Waals surface area contributed by atoms with E-state index >= 15 is 0 Å². The van der Waals surface area contributed by atoms with Crippen molar-refractivity contribution in [3.8, 4) is 18.2 Å². The lowest BCUT2D eigenvalue weighted by molar-refractivity contribution is 0.0549. The molecular formula is C19H15N5O2. The SMILES string of the molecule is N#CC(C#N)=C(C#N)Nc1ccc2c(c1)C(=O)N(C1CCCCC1)C2=O. The van der Waals surface area contributed by atoms with Crippen molar-refractivity contribution in [2.45, 2.75) is 38.1 Å². The number of nitriles is 3. The predicted octanol–water partition coefficient (Wildman–Crippen LogP) is 2.85. The van der Waals surface area contributed by atoms with Crippen LogP contribution in [0.4, 0.5) is 5.69 Å². The van der Waals surface area contributed by atoms with E-state index in [9.17, 15) is 9.59 Å². The van der Waals surface area contributed by atoms with Crippen molar-refractivity contribution in [3.63, 3.8) is 0 Å². The number of carbonyl (C=O) groups excluding carboxylic acids is 2. The van der Waals surface area contributed by atoms with Gasteiger partial charge >= 0.3 is 0 Å². The minimum Gasteiger partial charge on any atom is -0.345 e. The van der Waals surface area contributed by atoms with Crippen molar-refractivity contribution in [1.82, 2.24) is 4.90 Å². The van der Waals surface area contributed by atoms with Crippen LogP contribution in [0, 0.1) is 34.0 Å². The first kappa shape index (κ1) is 17.2. The van der Waals surface area contributed by atoms with Crippen molar-refractivity contribution in [1.29, 1.82) is 15.8 Å². The molecule has 1 aromatic rings. The van der Waals surface area contributed by atoms with Crippen LogP contribution >= 0.6 is 0 Å². The molecule has 0 saturated heterocycles. The second-order valence-electron chi connectivity index (χ2n) is 6.24. The Balaban J connectivity index is 1.91. The third kappa shape index (κ3) is 2.90. The van der Waals surface area contributed by atoms with Gasteiger partial charge in [0.25, 0.3) is 11.8 Å². The standard InChI is InChI=1S/C19H15N5O2/c20-9-12(10-21)17(11-22)23-13-6-7-15-16(8-13)19(26)24(18(15)25)14-4-2-1-3-5-14/h6-8,14,23H,1-5H2. The molecule has 1 N–H and O–H groups in total. The topological polar surface area (TPSA) is 121 Å². The number of hydrogen-bond acceptors (Lipinski definition) is 6. The minimum absolute atomic E-state index is 0.0640. The maximum Gasteiger partial charge on any atom is 0.261 e. The van der Waals surface area contributed by atoms with E-state index in [-0.39, 0.29) is 34.7 Å². The number of fused-ring (bicyclic) bond motifs is 1. The lowest BCUT2D eigenvalue weighted by atomic mass is 9.94. The number of benzene rings is 1. The summed E-state index contributed by atoms with van der Waals surface area (Å²) < 4.78 is 0. The maximum atomic E-state index is 12.8. The van der Waals surface area contributed by atoms with Crippen LogP contribution in [-0.4, -0.2) is 22.8 Å². The molecule has 0 unspecified atom stereocenters. The van der Waals surface area contributed by atoms with Gasteiger partial charge in [-0.1, -0.05) is 19.3 Å². The van der Waals surface area contributed by atoms with E-state index < -0.39 is 0 Å². The molecule has 1 aliphatic carbocycles. The summed E-state index contributed by atoms with van der Waals surface area (Å²) in [6, 6.07) is 9.57. The molecule has 2 amide bonds. The zero-order valence-corrected chi connectivity index (χ0v) is 14.0. The molecule has 0 radical (unpaired) electrons. The number of nitrogens with one attached hydrogen (secondary N) is 1. The smallest absolute Gasteiger partial charge is 0.261 e. The highest BCUT2D eigenvalue weighted by Crippen LogP contribution is 2.32. The summed E-state index contributed by atoms with van der Waals surface area (Å²) in [5.74, 6) is -0.613. The third-order valence-electron chi connectivity index (χ3n) is 4.71. The number of hydrogen-bond donors (Lipinski definition) is 1. The Morgan fingerprint density at radius 3 is 2.23 bits per heavy atom. The molecule has 7 nitrogen and oxygen atoms in total. The lowest BCUT2D eigenvalue weighted by Gasteiger charge is -2.29. The number of anilines is 1. The summed E-state index contributed by atoms with van der Waals surface area (Å²) in [7, 11) is 0. The molecular weight excluding hydrogens is 330 g/mol. The molecule has 1 aromatic carbocycles. The molecule has 7 heteroatoms. The summed E-state index contributed by atoms with van der Waals surface area (Å²) in [6.07, 6.45) is 4.78. The van der Waals surface area contributed by atoms with E-state index in [4.69, 9.17) is 15.8 Å². The van der Waals surface area contributed by atoms with Crippen molar-refractivity contribution in [3.05, 3.63) is 40.6 Å². The van der Waals surface area contributed by atoms with Gasteiger partial charge < -0.3 is 5.32 Å². The van der Waals surface area contributed by atoms with Gasteiger partial charge in [0, 0.05) is 11.7 Å². The Kier molecular flexibility index (Phi) is 4.69. The van der Waals surface area contributed by atoms with Crippen LogP contribution in [0.2, 0.25) is 0 Å². The number of amides is 2. The number of carbonyl (C=O) groups is 2. The molecule has 1 saturated carbocycles. The Hall–Kier alpha value is -3.63. The monoisotopic (exact) mass is 345 g/mol. The average Bonchev–Trinajstić information content (AvgIpc) is 2.92. The van der Waals surface area contributed by atoms with Crippen LogP contribution in [0.3, 0.4) is 0 Å². The quantitative estimate of drug-likeness (QED) is 0.664. The number of imide groups is 1. The molecule has 1 aliphatic heterocycles. The summed E-state index contributed by atoms with van der Waals surface area (Å²) in [5, 5.41) is 29.6. The first-order valence-electron chi connectivity index (χ1n) is 8.34. The van der Waals surface area contributed by atoms with Crippen molar-refractivity contribution < 1.29 is 9.59 Å². The number of rotatable bonds is 3. The fourth-order valence-corrected chi connectivity index (χ4v) is 3.44. The van der Waals surface area contributed by atoms with Crippen molar-refractivity contribution >= 4 is 17.5 Å². The average molecular weight is 345 g/mol. The molecule has 26 heavy (non-hydrogen) atoms. The van der Waals surface area contributed by atoms with E-state index in [1.165, 1.54) is 17.0 Å². The van der Waals surface area contributed by atoms with Gasteiger partial charge in [-0.3, -0.25) is 14.5 Å². The van der Waals surface area contributed by atoms with E-state index in [1.807, 2.05) is 0 Å². The Bertz CT molecular complexity index is 920. The molecule has 0 spiro atoms. The van der Waals surface area contributed by atoms with Gasteiger partial charge in [-0.05, 0) is 31.0 Å². The van der Waals surface area contributed by atoms with Gasteiger partial charge in [0.1, 0.15) is 23.9 Å². The maximum absolute atomic E-state index is 12.8. The second kappa shape index (κ2) is 7.09. The fraction of sp³-hybridized carbons (Fsp3) is 0.316. The molecule has 3 rings (SSSR count). The van der Waals surface area contributed by atoms with Crippen molar-refractivity contribution in [2.75, 3.05) is 5.32 Å². The second-order valence-corrected chi connectivity index (χ2v) is 6.24. The van der Waals surface area contributed by atoms with Gasteiger partial charge in [-0.2, -0.15) is 15.8 Å². The summed E-state index contributed by atoms with van der Waals surface area (Å²) in [4.78, 5) is 26.7. The van der Waals surface area contributed by atoms with Crippen LogP contribution in [-0.2, 0) is 0 Å². The fourth-order valence-electron chi connectivity index (χ4n) is 3.44. The Morgan fingerprint density at radius 1 is 0.962 bits per heavy atom. The number of allylic oxidation sites excluding steroid dienone is 2. The van der Waals surface area contributed by atoms with Gasteiger partial charge in [0.15, 0.2) is 5.57 Å². The molecule has 0 atom stereocenters. The molecule has 0 bridgehead atoms. The highest BCUT2D eigenvalue weighted by atomic mass is 16.2. The Morgan fingerprint density at radius 2 is 1.62 bits per heavy atom. The minimum atomic E-state index is -0.348. The Labute approximate surface area is 150 Å². The van der Waals surface area contributed by atoms with Crippen LogP contribution in [0.25, 0.3) is 0 Å². The van der Waals surface area contributed by atoms with E-state index in [1.54, 1.807) is 24.3 Å². The zero-order chi connectivity index (χ0) is 18.7. The van der Waals surface area contributed by atoms with Crippen LogP contribution in [0.5, 0.6) is 0 Å². The van der Waals surface area contributed by atoms with Gasteiger partial charge in [0.05, 0.1) is 11.1 Å². The van der Waals surface area contributed by atoms with Crippen LogP contribution in [0.15, 0.2) is 29.5 Å². The largest absolute Gasteiger partial charge is 0.345 e. The molecule has 2 aliphatic rings. The van der Waals surface area contributed by atoms with Crippen LogP contribution in [0.1, 0.15) is 52.8 Å². The van der Waals surface area contributed by atoms with Gasteiger partial charge in [0.2, 0.25) is 0 Å². The highest BCUT2D eigenvalue weighted by molar-refractivity contribution is 6.22. The molecule has 1 heterocycles. The van der Waals surface area contributed by atoms with Crippen LogP contribution < -0.4 is 5.32 Å². The van der Waals surface area contributed by atoms with Gasteiger partial charge in [-0.25, -0.2) is 0 Å². The summed E-state index contributed by atoms with van der Waals surface area (Å²) >= 11 is 0. The summed E-state index contributed by atoms with van der Waals surface area (Å²) in [6.45, 7) is 0. The first-order valence-corrected chi connectivity index (χ1v) is 8.34. The first-order chi connectivity index (χ1) is 12.6. The normalized spacial score (nSPS) is 16.3. The molecule has 128 valence electrons.